The highest BCUT2D eigenvalue weighted by Crippen LogP contribution is 2.40. The Morgan fingerprint density at radius 2 is 2.17 bits per heavy atom. The number of rotatable bonds is 2. The van der Waals surface area contributed by atoms with E-state index in [-0.39, 0.29) is 11.0 Å². The van der Waals surface area contributed by atoms with Crippen molar-refractivity contribution in [3.63, 3.8) is 0 Å². The average Bonchev–Trinajstić information content (AvgIpc) is 2.88. The largest absolute Gasteiger partial charge is 0.328 e. The first-order valence-corrected chi connectivity index (χ1v) is 8.21. The quantitative estimate of drug-likeness (QED) is 0.867. The summed E-state index contributed by atoms with van der Waals surface area (Å²) in [5, 5.41) is 3.16. The first kappa shape index (κ1) is 15.7. The van der Waals surface area contributed by atoms with E-state index in [1.165, 1.54) is 23.3 Å². The van der Waals surface area contributed by atoms with Crippen LogP contribution in [0.4, 0.5) is 5.13 Å². The number of fused-ring (bicyclic) bond motifs is 1. The summed E-state index contributed by atoms with van der Waals surface area (Å²) in [5.41, 5.74) is -0.273. The summed E-state index contributed by atoms with van der Waals surface area (Å²) in [4.78, 5) is 43.7. The fourth-order valence-electron chi connectivity index (χ4n) is 2.81. The number of amides is 1. The van der Waals surface area contributed by atoms with Crippen LogP contribution in [0.1, 0.15) is 47.6 Å². The van der Waals surface area contributed by atoms with Gasteiger partial charge in [-0.15, -0.1) is 11.3 Å². The molecule has 0 fully saturated rings. The smallest absolute Gasteiger partial charge is 0.313 e. The van der Waals surface area contributed by atoms with Gasteiger partial charge >= 0.3 is 5.69 Å². The number of hydrogen-bond donors (Lipinski definition) is 2. The summed E-state index contributed by atoms with van der Waals surface area (Å²) in [6, 6.07) is 0. The maximum Gasteiger partial charge on any atom is 0.328 e. The molecule has 1 amide bonds. The van der Waals surface area contributed by atoms with E-state index in [4.69, 9.17) is 0 Å². The minimum atomic E-state index is -0.632. The molecular weight excluding hydrogens is 316 g/mol. The van der Waals surface area contributed by atoms with E-state index < -0.39 is 17.2 Å². The first-order chi connectivity index (χ1) is 10.8. The summed E-state index contributed by atoms with van der Waals surface area (Å²) in [7, 11) is 1.32. The van der Waals surface area contributed by atoms with Gasteiger partial charge in [0.2, 0.25) is 0 Å². The van der Waals surface area contributed by atoms with E-state index in [1.54, 1.807) is 0 Å². The Morgan fingerprint density at radius 1 is 1.43 bits per heavy atom. The van der Waals surface area contributed by atoms with Gasteiger partial charge in [0.25, 0.3) is 11.5 Å². The monoisotopic (exact) mass is 334 g/mol. The molecule has 0 aliphatic heterocycles. The van der Waals surface area contributed by atoms with Crippen LogP contribution in [0.3, 0.4) is 0 Å². The number of aromatic nitrogens is 3. The SMILES string of the molecule is Cn1c(=O)[nH]cc(C(=O)Nc2nc3c(s2)CCCC3(C)C)c1=O. The number of nitrogens with zero attached hydrogens (tertiary/aromatic N) is 2. The lowest BCUT2D eigenvalue weighted by Crippen LogP contribution is -2.37. The molecule has 0 saturated carbocycles. The van der Waals surface area contributed by atoms with Crippen molar-refractivity contribution in [2.24, 2.45) is 7.05 Å². The number of H-pyrrole nitrogens is 1. The molecule has 0 spiro atoms. The molecule has 0 unspecified atom stereocenters. The number of carbonyl (C=O) groups excluding carboxylic acids is 1. The second-order valence-corrected chi connectivity index (χ2v) is 7.44. The number of aryl methyl sites for hydroxylation is 1. The Morgan fingerprint density at radius 3 is 2.87 bits per heavy atom. The highest BCUT2D eigenvalue weighted by molar-refractivity contribution is 7.15. The predicted molar refractivity (Wildman–Crippen MR) is 88.3 cm³/mol. The van der Waals surface area contributed by atoms with Crippen LogP contribution >= 0.6 is 11.3 Å². The highest BCUT2D eigenvalue weighted by Gasteiger charge is 2.31. The second kappa shape index (κ2) is 5.45. The van der Waals surface area contributed by atoms with Crippen molar-refractivity contribution >= 4 is 22.4 Å². The van der Waals surface area contributed by atoms with E-state index in [0.29, 0.717) is 5.13 Å². The molecule has 3 rings (SSSR count). The number of thiazole rings is 1. The molecule has 1 aliphatic rings. The molecule has 0 bridgehead atoms. The van der Waals surface area contributed by atoms with Gasteiger partial charge in [0, 0.05) is 23.5 Å². The minimum Gasteiger partial charge on any atom is -0.313 e. The normalized spacial score (nSPS) is 16.0. The third-order valence-corrected chi connectivity index (χ3v) is 5.22. The Labute approximate surface area is 136 Å². The van der Waals surface area contributed by atoms with Gasteiger partial charge in [0.1, 0.15) is 5.56 Å². The van der Waals surface area contributed by atoms with Gasteiger partial charge in [-0.3, -0.25) is 19.5 Å². The fourth-order valence-corrected chi connectivity index (χ4v) is 3.98. The van der Waals surface area contributed by atoms with Gasteiger partial charge in [0.15, 0.2) is 5.13 Å². The standard InChI is InChI=1S/C15H18N4O3S/c1-15(2)6-4-5-9-10(15)17-13(23-9)18-11(20)8-7-16-14(22)19(3)12(8)21/h7H,4-6H2,1-3H3,(H,16,22)(H,17,18,20). The van der Waals surface area contributed by atoms with Crippen molar-refractivity contribution in [1.82, 2.24) is 14.5 Å². The lowest BCUT2D eigenvalue weighted by Gasteiger charge is -2.27. The average molecular weight is 334 g/mol. The van der Waals surface area contributed by atoms with Gasteiger partial charge in [-0.25, -0.2) is 9.78 Å². The van der Waals surface area contributed by atoms with Gasteiger partial charge in [0.05, 0.1) is 5.69 Å². The van der Waals surface area contributed by atoms with E-state index in [2.05, 4.69) is 29.1 Å². The lowest BCUT2D eigenvalue weighted by molar-refractivity contribution is 0.102. The second-order valence-electron chi connectivity index (χ2n) is 6.35. The third kappa shape index (κ3) is 2.74. The molecule has 1 aliphatic carbocycles. The number of anilines is 1. The van der Waals surface area contributed by atoms with Crippen molar-refractivity contribution < 1.29 is 4.79 Å². The topological polar surface area (TPSA) is 96.8 Å². The molecule has 7 nitrogen and oxygen atoms in total. The van der Waals surface area contributed by atoms with Crippen LogP contribution < -0.4 is 16.6 Å². The van der Waals surface area contributed by atoms with Gasteiger partial charge < -0.3 is 4.98 Å². The Bertz CT molecular complexity index is 891. The molecule has 0 saturated heterocycles. The summed E-state index contributed by atoms with van der Waals surface area (Å²) in [6.07, 6.45) is 4.28. The summed E-state index contributed by atoms with van der Waals surface area (Å²) >= 11 is 1.45. The maximum atomic E-state index is 12.3. The Kier molecular flexibility index (Phi) is 3.71. The number of hydrogen-bond acceptors (Lipinski definition) is 5. The van der Waals surface area contributed by atoms with Crippen LogP contribution in [-0.2, 0) is 18.9 Å². The van der Waals surface area contributed by atoms with Crippen molar-refractivity contribution in [2.75, 3.05) is 5.32 Å². The van der Waals surface area contributed by atoms with Gasteiger partial charge in [-0.05, 0) is 19.3 Å². The summed E-state index contributed by atoms with van der Waals surface area (Å²) in [6.45, 7) is 4.29. The molecule has 0 atom stereocenters. The van der Waals surface area contributed by atoms with Crippen LogP contribution in [-0.4, -0.2) is 20.4 Å². The zero-order valence-corrected chi connectivity index (χ0v) is 14.0. The van der Waals surface area contributed by atoms with Gasteiger partial charge in [-0.2, -0.15) is 0 Å². The van der Waals surface area contributed by atoms with E-state index in [1.807, 2.05) is 0 Å². The van der Waals surface area contributed by atoms with Crippen molar-refractivity contribution in [2.45, 2.75) is 38.5 Å². The lowest BCUT2D eigenvalue weighted by atomic mass is 9.79. The predicted octanol–water partition coefficient (Wildman–Crippen LogP) is 1.40. The minimum absolute atomic E-state index is 0.00117. The molecular formula is C15H18N4O3S. The van der Waals surface area contributed by atoms with Crippen LogP contribution in [0.15, 0.2) is 15.8 Å². The van der Waals surface area contributed by atoms with Crippen molar-refractivity contribution in [1.29, 1.82) is 0 Å². The molecule has 2 aromatic rings. The molecule has 0 aromatic carbocycles. The molecule has 2 heterocycles. The molecule has 122 valence electrons. The molecule has 0 radical (unpaired) electrons. The Balaban J connectivity index is 1.90. The number of carbonyl (C=O) groups is 1. The van der Waals surface area contributed by atoms with E-state index >= 15 is 0 Å². The maximum absolute atomic E-state index is 12.3. The van der Waals surface area contributed by atoms with Gasteiger partial charge in [-0.1, -0.05) is 13.8 Å². The fraction of sp³-hybridized carbons (Fsp3) is 0.467. The van der Waals surface area contributed by atoms with Crippen LogP contribution in [0.25, 0.3) is 0 Å². The van der Waals surface area contributed by atoms with E-state index in [9.17, 15) is 14.4 Å². The third-order valence-electron chi connectivity index (χ3n) is 4.19. The number of aromatic amines is 1. The van der Waals surface area contributed by atoms with Crippen LogP contribution in [0.5, 0.6) is 0 Å². The first-order valence-electron chi connectivity index (χ1n) is 7.40. The molecule has 2 aromatic heterocycles. The molecule has 8 heteroatoms. The molecule has 2 N–H and O–H groups in total. The molecule has 23 heavy (non-hydrogen) atoms. The zero-order valence-electron chi connectivity index (χ0n) is 13.2. The van der Waals surface area contributed by atoms with E-state index in [0.717, 1.165) is 35.7 Å². The van der Waals surface area contributed by atoms with Crippen molar-refractivity contribution in [3.8, 4) is 0 Å². The highest BCUT2D eigenvalue weighted by atomic mass is 32.1. The van der Waals surface area contributed by atoms with Crippen LogP contribution in [0, 0.1) is 0 Å². The summed E-state index contributed by atoms with van der Waals surface area (Å²) in [5.74, 6) is -0.564. The number of nitrogens with one attached hydrogen (secondary N) is 2. The van der Waals surface area contributed by atoms with Crippen molar-refractivity contribution in [3.05, 3.63) is 43.2 Å². The summed E-state index contributed by atoms with van der Waals surface area (Å²) < 4.78 is 0.866. The van der Waals surface area contributed by atoms with Crippen LogP contribution in [0.2, 0.25) is 0 Å². The Hall–Kier alpha value is -2.22. The zero-order chi connectivity index (χ0) is 16.8.